The van der Waals surface area contributed by atoms with E-state index < -0.39 is 0 Å². The fraction of sp³-hybridized carbons (Fsp3) is 0.167. The van der Waals surface area contributed by atoms with Gasteiger partial charge in [0.1, 0.15) is 6.29 Å². The molecule has 0 bridgehead atoms. The predicted molar refractivity (Wildman–Crippen MR) is 87.1 cm³/mol. The van der Waals surface area contributed by atoms with Crippen LogP contribution in [0.5, 0.6) is 0 Å². The molecule has 0 radical (unpaired) electrons. The van der Waals surface area contributed by atoms with Crippen LogP contribution < -0.4 is 0 Å². The maximum Gasteiger partial charge on any atom is 0.150 e. The van der Waals surface area contributed by atoms with Crippen molar-refractivity contribution >= 4 is 29.0 Å². The van der Waals surface area contributed by atoms with Crippen LogP contribution in [-0.2, 0) is 13.0 Å². The third-order valence-corrected chi connectivity index (χ3v) is 5.35. The summed E-state index contributed by atoms with van der Waals surface area (Å²) >= 11 is 1.96. The average Bonchev–Trinajstić information content (AvgIpc) is 3.10. The molecular formula is C18H15NOS. The summed E-state index contributed by atoms with van der Waals surface area (Å²) in [5.41, 5.74) is 3.35. The molecule has 2 nitrogen and oxygen atoms in total. The van der Waals surface area contributed by atoms with E-state index in [-0.39, 0.29) is 0 Å². The van der Waals surface area contributed by atoms with Crippen LogP contribution in [0.1, 0.15) is 15.9 Å². The Morgan fingerprint density at radius 1 is 1.19 bits per heavy atom. The molecule has 1 aromatic heterocycles. The van der Waals surface area contributed by atoms with E-state index in [1.807, 2.05) is 30.0 Å². The van der Waals surface area contributed by atoms with Crippen LogP contribution in [0.3, 0.4) is 0 Å². The lowest BCUT2D eigenvalue weighted by molar-refractivity contribution is 0.112. The third kappa shape index (κ3) is 2.28. The van der Waals surface area contributed by atoms with Crippen molar-refractivity contribution in [2.45, 2.75) is 23.1 Å². The Hall–Kier alpha value is -2.00. The Bertz CT molecular complexity index is 796. The Kier molecular flexibility index (Phi) is 3.08. The zero-order chi connectivity index (χ0) is 14.2. The van der Waals surface area contributed by atoms with Crippen LogP contribution in [0.2, 0.25) is 0 Å². The first kappa shape index (κ1) is 12.7. The van der Waals surface area contributed by atoms with Gasteiger partial charge in [0.15, 0.2) is 0 Å². The highest BCUT2D eigenvalue weighted by Crippen LogP contribution is 2.37. The van der Waals surface area contributed by atoms with Crippen LogP contribution in [0.15, 0.2) is 59.6 Å². The molecule has 0 spiro atoms. The molecule has 0 saturated carbocycles. The van der Waals surface area contributed by atoms with Crippen LogP contribution in [0.4, 0.5) is 0 Å². The number of aromatic nitrogens is 1. The van der Waals surface area contributed by atoms with Crippen LogP contribution in [-0.4, -0.2) is 16.1 Å². The van der Waals surface area contributed by atoms with E-state index in [1.54, 1.807) is 0 Å². The minimum atomic E-state index is 0.567. The molecule has 4 rings (SSSR count). The number of benzene rings is 2. The monoisotopic (exact) mass is 293 g/mol. The quantitative estimate of drug-likeness (QED) is 0.676. The average molecular weight is 293 g/mol. The number of nitrogens with zero attached hydrogens (tertiary/aromatic N) is 1. The third-order valence-electron chi connectivity index (χ3n) is 4.05. The first-order valence-corrected chi connectivity index (χ1v) is 8.00. The first-order chi connectivity index (χ1) is 10.3. The van der Waals surface area contributed by atoms with Crippen LogP contribution >= 0.6 is 11.8 Å². The van der Waals surface area contributed by atoms with Gasteiger partial charge in [-0.15, -0.1) is 11.8 Å². The molecular weight excluding hydrogens is 278 g/mol. The molecule has 1 aliphatic rings. The van der Waals surface area contributed by atoms with Gasteiger partial charge in [-0.2, -0.15) is 0 Å². The summed E-state index contributed by atoms with van der Waals surface area (Å²) in [7, 11) is 0. The minimum absolute atomic E-state index is 0.567. The Morgan fingerprint density at radius 3 is 2.95 bits per heavy atom. The molecule has 0 fully saturated rings. The molecule has 0 N–H and O–H groups in total. The molecule has 1 aliphatic heterocycles. The molecule has 2 aromatic carbocycles. The highest BCUT2D eigenvalue weighted by molar-refractivity contribution is 8.00. The van der Waals surface area contributed by atoms with Gasteiger partial charge < -0.3 is 4.57 Å². The second-order valence-corrected chi connectivity index (χ2v) is 6.80. The molecule has 0 amide bonds. The van der Waals surface area contributed by atoms with Crippen molar-refractivity contribution in [2.24, 2.45) is 0 Å². The van der Waals surface area contributed by atoms with Crippen molar-refractivity contribution < 1.29 is 4.79 Å². The lowest BCUT2D eigenvalue weighted by atomic mass is 10.1. The van der Waals surface area contributed by atoms with Crippen LogP contribution in [0, 0.1) is 0 Å². The van der Waals surface area contributed by atoms with E-state index in [0.29, 0.717) is 5.25 Å². The second kappa shape index (κ2) is 5.08. The van der Waals surface area contributed by atoms with E-state index in [2.05, 4.69) is 41.1 Å². The maximum atomic E-state index is 11.0. The molecule has 0 aliphatic carbocycles. The number of fused-ring (bicyclic) bond motifs is 2. The lowest BCUT2D eigenvalue weighted by Crippen LogP contribution is -2.11. The summed E-state index contributed by atoms with van der Waals surface area (Å²) in [5, 5.41) is 1.76. The van der Waals surface area contributed by atoms with E-state index >= 15 is 0 Å². The Balaban J connectivity index is 1.62. The van der Waals surface area contributed by atoms with Crippen molar-refractivity contribution in [2.75, 3.05) is 0 Å². The maximum absolute atomic E-state index is 11.0. The zero-order valence-electron chi connectivity index (χ0n) is 11.5. The van der Waals surface area contributed by atoms with Crippen molar-refractivity contribution in [1.29, 1.82) is 0 Å². The SMILES string of the molecule is O=Cc1ccc2ccn(CC3Cc4ccccc4S3)c2c1. The molecule has 0 saturated heterocycles. The van der Waals surface area contributed by atoms with Gasteiger partial charge in [0, 0.05) is 34.0 Å². The fourth-order valence-electron chi connectivity index (χ4n) is 3.01. The number of hydrogen-bond donors (Lipinski definition) is 0. The highest BCUT2D eigenvalue weighted by Gasteiger charge is 2.22. The van der Waals surface area contributed by atoms with E-state index in [1.165, 1.54) is 15.8 Å². The van der Waals surface area contributed by atoms with Gasteiger partial charge >= 0.3 is 0 Å². The minimum Gasteiger partial charge on any atom is -0.346 e. The smallest absolute Gasteiger partial charge is 0.150 e. The van der Waals surface area contributed by atoms with E-state index in [4.69, 9.17) is 0 Å². The van der Waals surface area contributed by atoms with Gasteiger partial charge in [-0.25, -0.2) is 0 Å². The molecule has 21 heavy (non-hydrogen) atoms. The predicted octanol–water partition coefficient (Wildman–Crippen LogP) is 4.17. The summed E-state index contributed by atoms with van der Waals surface area (Å²) in [6.45, 7) is 0.977. The van der Waals surface area contributed by atoms with Gasteiger partial charge in [0.25, 0.3) is 0 Å². The molecule has 1 unspecified atom stereocenters. The van der Waals surface area contributed by atoms with Gasteiger partial charge in [-0.3, -0.25) is 4.79 Å². The molecule has 104 valence electrons. The normalized spacial score (nSPS) is 17.0. The number of aldehydes is 1. The molecule has 3 heteroatoms. The lowest BCUT2D eigenvalue weighted by Gasteiger charge is -2.11. The summed E-state index contributed by atoms with van der Waals surface area (Å²) in [4.78, 5) is 12.4. The number of carbonyl (C=O) groups is 1. The number of hydrogen-bond acceptors (Lipinski definition) is 2. The summed E-state index contributed by atoms with van der Waals surface area (Å²) in [5.74, 6) is 0. The zero-order valence-corrected chi connectivity index (χ0v) is 12.3. The molecule has 1 atom stereocenters. The topological polar surface area (TPSA) is 22.0 Å². The summed E-state index contributed by atoms with van der Waals surface area (Å²) < 4.78 is 2.27. The Labute approximate surface area is 127 Å². The van der Waals surface area contributed by atoms with Gasteiger partial charge in [0.2, 0.25) is 0 Å². The van der Waals surface area contributed by atoms with Gasteiger partial charge in [0.05, 0.1) is 0 Å². The fourth-order valence-corrected chi connectivity index (χ4v) is 4.33. The number of carbonyl (C=O) groups excluding carboxylic acids is 1. The highest BCUT2D eigenvalue weighted by atomic mass is 32.2. The number of thioether (sulfide) groups is 1. The van der Waals surface area contributed by atoms with Gasteiger partial charge in [-0.1, -0.05) is 30.3 Å². The van der Waals surface area contributed by atoms with Crippen LogP contribution in [0.25, 0.3) is 10.9 Å². The Morgan fingerprint density at radius 2 is 2.10 bits per heavy atom. The first-order valence-electron chi connectivity index (χ1n) is 7.12. The molecule has 2 heterocycles. The second-order valence-electron chi connectivity index (χ2n) is 5.46. The van der Waals surface area contributed by atoms with E-state index in [0.717, 1.165) is 30.3 Å². The van der Waals surface area contributed by atoms with Gasteiger partial charge in [-0.05, 0) is 35.6 Å². The summed E-state index contributed by atoms with van der Waals surface area (Å²) in [6.07, 6.45) is 4.16. The van der Waals surface area contributed by atoms with Crippen molar-refractivity contribution in [3.63, 3.8) is 0 Å². The molecule has 3 aromatic rings. The summed E-state index contributed by atoms with van der Waals surface area (Å²) in [6, 6.07) is 16.6. The largest absolute Gasteiger partial charge is 0.346 e. The standard InChI is InChI=1S/C18H15NOS/c20-12-13-5-6-14-7-8-19(17(14)9-13)11-16-10-15-3-1-2-4-18(15)21-16/h1-9,12,16H,10-11H2. The van der Waals surface area contributed by atoms with Crippen molar-refractivity contribution in [1.82, 2.24) is 4.57 Å². The van der Waals surface area contributed by atoms with Crippen molar-refractivity contribution in [3.8, 4) is 0 Å². The number of rotatable bonds is 3. The van der Waals surface area contributed by atoms with Crippen molar-refractivity contribution in [3.05, 3.63) is 65.9 Å². The van der Waals surface area contributed by atoms with E-state index in [9.17, 15) is 4.79 Å².